The molecule has 0 amide bonds. The number of hydrogen-bond donors (Lipinski definition) is 0. The third kappa shape index (κ3) is 1.88. The summed E-state index contributed by atoms with van der Waals surface area (Å²) in [4.78, 5) is 0.645. The molecule has 0 spiro atoms. The summed E-state index contributed by atoms with van der Waals surface area (Å²) >= 11 is 3.66. The zero-order chi connectivity index (χ0) is 9.26. The van der Waals surface area contributed by atoms with Gasteiger partial charge in [-0.1, -0.05) is 22.0 Å². The molecule has 0 saturated carbocycles. The van der Waals surface area contributed by atoms with Crippen molar-refractivity contribution in [3.8, 4) is 5.75 Å². The van der Waals surface area contributed by atoms with Gasteiger partial charge in [0.2, 0.25) is 0 Å². The van der Waals surface area contributed by atoms with Gasteiger partial charge in [-0.25, -0.2) is 0 Å². The lowest BCUT2D eigenvalue weighted by Crippen LogP contribution is -2.13. The lowest BCUT2D eigenvalue weighted by molar-refractivity contribution is 0.413. The summed E-state index contributed by atoms with van der Waals surface area (Å²) in [6, 6.07) is 6.39. The zero-order valence-corrected chi connectivity index (χ0v) is 9.30. The van der Waals surface area contributed by atoms with Crippen LogP contribution in [-0.4, -0.2) is 11.9 Å². The van der Waals surface area contributed by atoms with Crippen LogP contribution >= 0.6 is 15.9 Å². The summed E-state index contributed by atoms with van der Waals surface area (Å²) in [6.07, 6.45) is 3.57. The Morgan fingerprint density at radius 1 is 1.38 bits per heavy atom. The van der Waals surface area contributed by atoms with Gasteiger partial charge in [0.15, 0.2) is 0 Å². The minimum atomic E-state index is 0.645. The van der Waals surface area contributed by atoms with E-state index < -0.39 is 0 Å². The monoisotopic (exact) mass is 240 g/mol. The molecular weight excluding hydrogens is 228 g/mol. The SMILES string of the molecule is COc1ccc2c(c1)C[C@H](Br)CC2. The second-order valence-corrected chi connectivity index (χ2v) is 4.77. The van der Waals surface area contributed by atoms with E-state index in [4.69, 9.17) is 4.74 Å². The van der Waals surface area contributed by atoms with Gasteiger partial charge in [0.1, 0.15) is 5.75 Å². The Morgan fingerprint density at radius 3 is 3.00 bits per heavy atom. The highest BCUT2D eigenvalue weighted by Gasteiger charge is 2.16. The number of methoxy groups -OCH3 is 1. The Balaban J connectivity index is 2.32. The maximum atomic E-state index is 5.20. The van der Waals surface area contributed by atoms with Gasteiger partial charge < -0.3 is 4.74 Å². The fraction of sp³-hybridized carbons (Fsp3) is 0.455. The highest BCUT2D eigenvalue weighted by Crippen LogP contribution is 2.28. The van der Waals surface area contributed by atoms with Crippen LogP contribution in [-0.2, 0) is 12.8 Å². The van der Waals surface area contributed by atoms with Crippen molar-refractivity contribution in [1.82, 2.24) is 0 Å². The van der Waals surface area contributed by atoms with Gasteiger partial charge in [-0.15, -0.1) is 0 Å². The zero-order valence-electron chi connectivity index (χ0n) is 7.72. The second-order valence-electron chi connectivity index (χ2n) is 3.47. The first kappa shape index (κ1) is 9.07. The standard InChI is InChI=1S/C11H13BrO/c1-13-11-5-3-8-2-4-10(12)6-9(8)7-11/h3,5,7,10H,2,4,6H2,1H3/t10-/m1/s1. The van der Waals surface area contributed by atoms with Crippen molar-refractivity contribution in [2.75, 3.05) is 7.11 Å². The highest BCUT2D eigenvalue weighted by molar-refractivity contribution is 9.09. The molecule has 0 aliphatic heterocycles. The topological polar surface area (TPSA) is 9.23 Å². The molecule has 1 nitrogen and oxygen atoms in total. The minimum Gasteiger partial charge on any atom is -0.497 e. The van der Waals surface area contributed by atoms with Crippen molar-refractivity contribution in [3.63, 3.8) is 0 Å². The van der Waals surface area contributed by atoms with Crippen LogP contribution in [0.2, 0.25) is 0 Å². The van der Waals surface area contributed by atoms with Crippen LogP contribution in [0.25, 0.3) is 0 Å². The summed E-state index contributed by atoms with van der Waals surface area (Å²) in [5.41, 5.74) is 2.92. The van der Waals surface area contributed by atoms with E-state index in [0.29, 0.717) is 4.83 Å². The average Bonchev–Trinajstić information content (AvgIpc) is 2.16. The van der Waals surface area contributed by atoms with Gasteiger partial charge in [0, 0.05) is 4.83 Å². The number of halogens is 1. The summed E-state index contributed by atoms with van der Waals surface area (Å²) in [6.45, 7) is 0. The molecule has 1 aromatic rings. The van der Waals surface area contributed by atoms with Crippen LogP contribution in [0.5, 0.6) is 5.75 Å². The lowest BCUT2D eigenvalue weighted by atomic mass is 9.91. The summed E-state index contributed by atoms with van der Waals surface area (Å²) in [5.74, 6) is 0.973. The van der Waals surface area contributed by atoms with Crippen molar-refractivity contribution < 1.29 is 4.74 Å². The number of alkyl halides is 1. The molecule has 0 aromatic heterocycles. The van der Waals surface area contributed by atoms with Crippen LogP contribution in [0.3, 0.4) is 0 Å². The molecule has 2 heteroatoms. The first-order chi connectivity index (χ1) is 6.29. The first-order valence-corrected chi connectivity index (χ1v) is 5.51. The molecule has 1 aliphatic rings. The smallest absolute Gasteiger partial charge is 0.119 e. The Kier molecular flexibility index (Phi) is 2.58. The van der Waals surface area contributed by atoms with E-state index in [9.17, 15) is 0 Å². The van der Waals surface area contributed by atoms with Crippen LogP contribution in [0.4, 0.5) is 0 Å². The van der Waals surface area contributed by atoms with Crippen LogP contribution in [0.1, 0.15) is 17.5 Å². The highest BCUT2D eigenvalue weighted by atomic mass is 79.9. The first-order valence-electron chi connectivity index (χ1n) is 4.59. The molecule has 1 aromatic carbocycles. The molecule has 2 rings (SSSR count). The molecule has 0 unspecified atom stereocenters. The molecule has 0 saturated heterocycles. The predicted molar refractivity (Wildman–Crippen MR) is 57.7 cm³/mol. The van der Waals surface area contributed by atoms with Gasteiger partial charge in [-0.2, -0.15) is 0 Å². The van der Waals surface area contributed by atoms with Gasteiger partial charge in [0.25, 0.3) is 0 Å². The summed E-state index contributed by atoms with van der Waals surface area (Å²) in [7, 11) is 1.72. The number of aryl methyl sites for hydroxylation is 1. The third-order valence-corrected chi connectivity index (χ3v) is 3.36. The summed E-state index contributed by atoms with van der Waals surface area (Å²) < 4.78 is 5.20. The van der Waals surface area contributed by atoms with Crippen molar-refractivity contribution in [3.05, 3.63) is 29.3 Å². The van der Waals surface area contributed by atoms with Crippen LogP contribution in [0.15, 0.2) is 18.2 Å². The molecule has 0 N–H and O–H groups in total. The van der Waals surface area contributed by atoms with Crippen molar-refractivity contribution in [2.24, 2.45) is 0 Å². The number of benzene rings is 1. The van der Waals surface area contributed by atoms with Crippen molar-refractivity contribution in [1.29, 1.82) is 0 Å². The molecule has 70 valence electrons. The molecule has 0 heterocycles. The summed E-state index contributed by atoms with van der Waals surface area (Å²) in [5, 5.41) is 0. The van der Waals surface area contributed by atoms with Gasteiger partial charge >= 0.3 is 0 Å². The van der Waals surface area contributed by atoms with Gasteiger partial charge in [-0.3, -0.25) is 0 Å². The molecular formula is C11H13BrO. The Morgan fingerprint density at radius 2 is 2.23 bits per heavy atom. The van der Waals surface area contributed by atoms with Gasteiger partial charge in [0.05, 0.1) is 7.11 Å². The fourth-order valence-corrected chi connectivity index (χ4v) is 2.39. The maximum Gasteiger partial charge on any atom is 0.119 e. The molecule has 1 aliphatic carbocycles. The normalized spacial score (nSPS) is 20.9. The Bertz CT molecular complexity index is 309. The number of fused-ring (bicyclic) bond motifs is 1. The van der Waals surface area contributed by atoms with E-state index in [1.807, 2.05) is 6.07 Å². The Hall–Kier alpha value is -0.500. The quantitative estimate of drug-likeness (QED) is 0.687. The lowest BCUT2D eigenvalue weighted by Gasteiger charge is -2.20. The predicted octanol–water partition coefficient (Wildman–Crippen LogP) is 2.95. The van der Waals surface area contributed by atoms with Crippen LogP contribution in [0, 0.1) is 0 Å². The second kappa shape index (κ2) is 3.70. The Labute approximate surface area is 87.2 Å². The number of ether oxygens (including phenoxy) is 1. The van der Waals surface area contributed by atoms with Crippen molar-refractivity contribution >= 4 is 15.9 Å². The van der Waals surface area contributed by atoms with E-state index in [2.05, 4.69) is 28.1 Å². The third-order valence-electron chi connectivity index (χ3n) is 2.58. The fourth-order valence-electron chi connectivity index (χ4n) is 1.82. The van der Waals surface area contributed by atoms with Gasteiger partial charge in [-0.05, 0) is 42.5 Å². The molecule has 0 radical (unpaired) electrons. The number of hydrogen-bond acceptors (Lipinski definition) is 1. The average molecular weight is 241 g/mol. The molecule has 0 bridgehead atoms. The largest absolute Gasteiger partial charge is 0.497 e. The minimum absolute atomic E-state index is 0.645. The van der Waals surface area contributed by atoms with E-state index in [-0.39, 0.29) is 0 Å². The van der Waals surface area contributed by atoms with E-state index in [1.54, 1.807) is 7.11 Å². The van der Waals surface area contributed by atoms with E-state index >= 15 is 0 Å². The van der Waals surface area contributed by atoms with Crippen molar-refractivity contribution in [2.45, 2.75) is 24.1 Å². The molecule has 13 heavy (non-hydrogen) atoms. The molecule has 0 fully saturated rings. The maximum absolute atomic E-state index is 5.20. The molecule has 1 atom stereocenters. The number of rotatable bonds is 1. The van der Waals surface area contributed by atoms with E-state index in [0.717, 1.165) is 12.2 Å². The van der Waals surface area contributed by atoms with Crippen LogP contribution < -0.4 is 4.74 Å². The van der Waals surface area contributed by atoms with E-state index in [1.165, 1.54) is 24.0 Å².